The highest BCUT2D eigenvalue weighted by Gasteiger charge is 2.14. The number of nitrogens with zero attached hydrogens (tertiary/aromatic N) is 3. The molecule has 0 aliphatic rings. The summed E-state index contributed by atoms with van der Waals surface area (Å²) in [5, 5.41) is 13.3. The number of para-hydroxylation sites is 3. The van der Waals surface area contributed by atoms with Crippen molar-refractivity contribution in [2.24, 2.45) is 0 Å². The number of benzene rings is 2. The summed E-state index contributed by atoms with van der Waals surface area (Å²) in [4.78, 5) is 12.5. The van der Waals surface area contributed by atoms with Gasteiger partial charge in [-0.1, -0.05) is 42.1 Å². The van der Waals surface area contributed by atoms with Crippen LogP contribution in [0.2, 0.25) is 0 Å². The number of nitrogens with one attached hydrogen (secondary N) is 1. The van der Waals surface area contributed by atoms with E-state index in [0.29, 0.717) is 23.2 Å². The van der Waals surface area contributed by atoms with E-state index in [-0.39, 0.29) is 11.7 Å². The maximum atomic E-state index is 12.5. The van der Waals surface area contributed by atoms with Crippen molar-refractivity contribution >= 4 is 39.9 Å². The van der Waals surface area contributed by atoms with Crippen LogP contribution in [0.3, 0.4) is 0 Å². The Labute approximate surface area is 166 Å². The van der Waals surface area contributed by atoms with Crippen molar-refractivity contribution in [2.45, 2.75) is 19.0 Å². The first-order chi connectivity index (χ1) is 13.7. The third-order valence-electron chi connectivity index (χ3n) is 4.37. The second kappa shape index (κ2) is 7.90. The summed E-state index contributed by atoms with van der Waals surface area (Å²) >= 11 is 1.36. The molecule has 142 valence electrons. The van der Waals surface area contributed by atoms with E-state index < -0.39 is 0 Å². The second-order valence-corrected chi connectivity index (χ2v) is 7.23. The summed E-state index contributed by atoms with van der Waals surface area (Å²) in [6, 6.07) is 17.6. The molecule has 7 heteroatoms. The van der Waals surface area contributed by atoms with Crippen LogP contribution in [-0.4, -0.2) is 32.9 Å². The third kappa shape index (κ3) is 3.53. The zero-order chi connectivity index (χ0) is 19.5. The number of aromatic nitrogens is 3. The molecule has 4 rings (SSSR count). The molecule has 2 aromatic carbocycles. The fourth-order valence-electron chi connectivity index (χ4n) is 3.14. The first kappa shape index (κ1) is 18.3. The summed E-state index contributed by atoms with van der Waals surface area (Å²) in [7, 11) is 0. The molecule has 0 atom stereocenters. The molecule has 0 fully saturated rings. The fourth-order valence-corrected chi connectivity index (χ4v) is 3.89. The van der Waals surface area contributed by atoms with Crippen LogP contribution in [0.5, 0.6) is 5.75 Å². The molecule has 0 saturated heterocycles. The van der Waals surface area contributed by atoms with Crippen molar-refractivity contribution in [1.82, 2.24) is 14.6 Å². The molecule has 6 nitrogen and oxygen atoms in total. The van der Waals surface area contributed by atoms with Gasteiger partial charge in [-0.05, 0) is 43.7 Å². The zero-order valence-corrected chi connectivity index (χ0v) is 16.5. The number of ether oxygens (including phenoxy) is 1. The van der Waals surface area contributed by atoms with E-state index in [4.69, 9.17) is 4.74 Å². The zero-order valence-electron chi connectivity index (χ0n) is 15.7. The van der Waals surface area contributed by atoms with Gasteiger partial charge in [-0.2, -0.15) is 0 Å². The molecular formula is C21H20N4O2S. The highest BCUT2D eigenvalue weighted by molar-refractivity contribution is 7.99. The minimum atomic E-state index is -0.120. The van der Waals surface area contributed by atoms with E-state index >= 15 is 0 Å². The highest BCUT2D eigenvalue weighted by Crippen LogP contribution is 2.27. The number of amides is 1. The Kier molecular flexibility index (Phi) is 5.16. The van der Waals surface area contributed by atoms with E-state index in [0.717, 1.165) is 22.1 Å². The van der Waals surface area contributed by atoms with E-state index in [1.165, 1.54) is 11.8 Å². The van der Waals surface area contributed by atoms with Crippen molar-refractivity contribution in [3.8, 4) is 5.75 Å². The Bertz CT molecular complexity index is 1160. The maximum Gasteiger partial charge on any atom is 0.234 e. The van der Waals surface area contributed by atoms with Gasteiger partial charge in [0.25, 0.3) is 0 Å². The lowest BCUT2D eigenvalue weighted by Crippen LogP contribution is -2.15. The van der Waals surface area contributed by atoms with E-state index in [2.05, 4.69) is 28.5 Å². The maximum absolute atomic E-state index is 12.5. The second-order valence-electron chi connectivity index (χ2n) is 6.29. The van der Waals surface area contributed by atoms with Crippen molar-refractivity contribution in [3.63, 3.8) is 0 Å². The van der Waals surface area contributed by atoms with Crippen molar-refractivity contribution < 1.29 is 9.53 Å². The van der Waals surface area contributed by atoms with Crippen LogP contribution >= 0.6 is 11.8 Å². The molecule has 2 aromatic heterocycles. The van der Waals surface area contributed by atoms with E-state index in [9.17, 15) is 4.79 Å². The van der Waals surface area contributed by atoms with Crippen LogP contribution in [0.15, 0.2) is 59.8 Å². The number of anilines is 1. The van der Waals surface area contributed by atoms with Gasteiger partial charge in [0, 0.05) is 5.39 Å². The molecule has 2 heterocycles. The quantitative estimate of drug-likeness (QED) is 0.495. The van der Waals surface area contributed by atoms with Gasteiger partial charge in [-0.25, -0.2) is 0 Å². The number of fused-ring (bicyclic) bond motifs is 3. The molecule has 0 saturated carbocycles. The largest absolute Gasteiger partial charge is 0.492 e. The van der Waals surface area contributed by atoms with Gasteiger partial charge in [0.15, 0.2) is 10.8 Å². The van der Waals surface area contributed by atoms with Gasteiger partial charge in [0.1, 0.15) is 5.75 Å². The molecule has 1 amide bonds. The first-order valence-corrected chi connectivity index (χ1v) is 10.0. The summed E-state index contributed by atoms with van der Waals surface area (Å²) in [5.41, 5.74) is 3.63. The molecule has 0 bridgehead atoms. The summed E-state index contributed by atoms with van der Waals surface area (Å²) in [5.74, 6) is 0.770. The molecule has 28 heavy (non-hydrogen) atoms. The van der Waals surface area contributed by atoms with Crippen LogP contribution in [0.25, 0.3) is 16.6 Å². The average molecular weight is 392 g/mol. The predicted molar refractivity (Wildman–Crippen MR) is 112 cm³/mol. The molecule has 0 aliphatic carbocycles. The van der Waals surface area contributed by atoms with Crippen LogP contribution < -0.4 is 10.1 Å². The fraction of sp³-hybridized carbons (Fsp3) is 0.190. The predicted octanol–water partition coefficient (Wildman–Crippen LogP) is 4.32. The SMILES string of the molecule is CCOc1ccccc1NC(=O)CSc1nnc2cc(C)c3ccccc3n12. The Morgan fingerprint density at radius 3 is 2.79 bits per heavy atom. The monoisotopic (exact) mass is 392 g/mol. The number of pyridine rings is 1. The molecule has 4 aromatic rings. The number of hydrogen-bond donors (Lipinski definition) is 1. The molecular weight excluding hydrogens is 372 g/mol. The standard InChI is InChI=1S/C21H20N4O2S/c1-3-27-18-11-7-5-9-16(18)22-20(26)13-28-21-24-23-19-12-14(2)15-8-4-6-10-17(15)25(19)21/h4-12H,3,13H2,1-2H3,(H,22,26). The van der Waals surface area contributed by atoms with Gasteiger partial charge in [0.2, 0.25) is 5.91 Å². The number of hydrogen-bond acceptors (Lipinski definition) is 5. The van der Waals surface area contributed by atoms with Gasteiger partial charge in [-0.15, -0.1) is 10.2 Å². The minimum absolute atomic E-state index is 0.120. The number of aryl methyl sites for hydroxylation is 1. The summed E-state index contributed by atoms with van der Waals surface area (Å²) in [6.45, 7) is 4.52. The average Bonchev–Trinajstić information content (AvgIpc) is 3.11. The van der Waals surface area contributed by atoms with Gasteiger partial charge < -0.3 is 10.1 Å². The smallest absolute Gasteiger partial charge is 0.234 e. The van der Waals surface area contributed by atoms with Crippen LogP contribution in [0.4, 0.5) is 5.69 Å². The topological polar surface area (TPSA) is 68.5 Å². The van der Waals surface area contributed by atoms with Crippen molar-refractivity contribution in [3.05, 3.63) is 60.2 Å². The highest BCUT2D eigenvalue weighted by atomic mass is 32.2. The molecule has 0 radical (unpaired) electrons. The van der Waals surface area contributed by atoms with Gasteiger partial charge in [0.05, 0.1) is 23.6 Å². The summed E-state index contributed by atoms with van der Waals surface area (Å²) < 4.78 is 7.55. The Hall–Kier alpha value is -3.06. The molecule has 0 aliphatic heterocycles. The van der Waals surface area contributed by atoms with Crippen LogP contribution in [-0.2, 0) is 4.79 Å². The van der Waals surface area contributed by atoms with Gasteiger partial charge in [-0.3, -0.25) is 9.20 Å². The number of rotatable bonds is 6. The van der Waals surface area contributed by atoms with Crippen molar-refractivity contribution in [2.75, 3.05) is 17.7 Å². The Morgan fingerprint density at radius 2 is 1.93 bits per heavy atom. The number of carbonyl (C=O) groups is 1. The lowest BCUT2D eigenvalue weighted by atomic mass is 10.1. The lowest BCUT2D eigenvalue weighted by molar-refractivity contribution is -0.113. The van der Waals surface area contributed by atoms with E-state index in [1.807, 2.05) is 59.9 Å². The number of thioether (sulfide) groups is 1. The van der Waals surface area contributed by atoms with Crippen molar-refractivity contribution in [1.29, 1.82) is 0 Å². The summed E-state index contributed by atoms with van der Waals surface area (Å²) in [6.07, 6.45) is 0. The minimum Gasteiger partial charge on any atom is -0.492 e. The Balaban J connectivity index is 1.55. The van der Waals surface area contributed by atoms with Crippen LogP contribution in [0, 0.1) is 6.92 Å². The van der Waals surface area contributed by atoms with E-state index in [1.54, 1.807) is 0 Å². The molecule has 0 unspecified atom stereocenters. The first-order valence-electron chi connectivity index (χ1n) is 9.05. The normalized spacial score (nSPS) is 11.1. The Morgan fingerprint density at radius 1 is 1.14 bits per heavy atom. The molecule has 0 spiro atoms. The third-order valence-corrected chi connectivity index (χ3v) is 5.30. The molecule has 1 N–H and O–H groups in total. The lowest BCUT2D eigenvalue weighted by Gasteiger charge is -2.11. The van der Waals surface area contributed by atoms with Gasteiger partial charge >= 0.3 is 0 Å². The number of carbonyl (C=O) groups excluding carboxylic acids is 1. The van der Waals surface area contributed by atoms with Crippen LogP contribution in [0.1, 0.15) is 12.5 Å².